The van der Waals surface area contributed by atoms with E-state index in [1.165, 1.54) is 5.56 Å². The number of nitrogens with zero attached hydrogens (tertiary/aromatic N) is 1. The molecular weight excluding hydrogens is 264 g/mol. The number of hydrogen-bond acceptors (Lipinski definition) is 4. The van der Waals surface area contributed by atoms with Crippen molar-refractivity contribution in [1.82, 2.24) is 4.98 Å². The molecule has 0 unspecified atom stereocenters. The van der Waals surface area contributed by atoms with E-state index in [1.54, 1.807) is 12.1 Å². The van der Waals surface area contributed by atoms with E-state index < -0.39 is 0 Å². The molecule has 2 rings (SSSR count). The SMILES string of the molecule is CCCc1ccc(Oc2ccc(N)c(OC(C)C)n2)cc1. The van der Waals surface area contributed by atoms with Crippen molar-refractivity contribution in [1.29, 1.82) is 0 Å². The smallest absolute Gasteiger partial charge is 0.240 e. The van der Waals surface area contributed by atoms with Gasteiger partial charge in [0.1, 0.15) is 5.75 Å². The van der Waals surface area contributed by atoms with Crippen LogP contribution in [0.1, 0.15) is 32.8 Å². The standard InChI is InChI=1S/C17H22N2O2/c1-4-5-13-6-8-14(9-7-13)21-16-11-10-15(18)17(19-16)20-12(2)3/h6-12H,4-5,18H2,1-3H3. The van der Waals surface area contributed by atoms with Crippen molar-refractivity contribution in [3.8, 4) is 17.5 Å². The maximum Gasteiger partial charge on any atom is 0.240 e. The molecule has 1 aromatic heterocycles. The van der Waals surface area contributed by atoms with Crippen molar-refractivity contribution in [2.24, 2.45) is 0 Å². The summed E-state index contributed by atoms with van der Waals surface area (Å²) in [6.45, 7) is 6.03. The van der Waals surface area contributed by atoms with Crippen molar-refractivity contribution in [2.45, 2.75) is 39.7 Å². The highest BCUT2D eigenvalue weighted by Crippen LogP contribution is 2.26. The van der Waals surface area contributed by atoms with Gasteiger partial charge in [0.2, 0.25) is 11.8 Å². The van der Waals surface area contributed by atoms with Crippen LogP contribution in [0.4, 0.5) is 5.69 Å². The van der Waals surface area contributed by atoms with Gasteiger partial charge in [-0.05, 0) is 44.0 Å². The van der Waals surface area contributed by atoms with Crippen LogP contribution in [0.15, 0.2) is 36.4 Å². The predicted octanol–water partition coefficient (Wildman–Crippen LogP) is 4.20. The van der Waals surface area contributed by atoms with Crippen LogP contribution in [0.5, 0.6) is 17.5 Å². The Hall–Kier alpha value is -2.23. The summed E-state index contributed by atoms with van der Waals surface area (Å²) in [5, 5.41) is 0. The minimum atomic E-state index is 0.0170. The highest BCUT2D eigenvalue weighted by molar-refractivity contribution is 5.49. The van der Waals surface area contributed by atoms with E-state index in [9.17, 15) is 0 Å². The number of nitrogens with two attached hydrogens (primary N) is 1. The van der Waals surface area contributed by atoms with E-state index in [2.05, 4.69) is 24.0 Å². The molecule has 1 aromatic carbocycles. The molecule has 2 N–H and O–H groups in total. The Kier molecular flexibility index (Phi) is 5.04. The fraction of sp³-hybridized carbons (Fsp3) is 0.353. The summed E-state index contributed by atoms with van der Waals surface area (Å²) >= 11 is 0. The number of anilines is 1. The van der Waals surface area contributed by atoms with Gasteiger partial charge in [-0.25, -0.2) is 0 Å². The van der Waals surface area contributed by atoms with E-state index in [1.807, 2.05) is 26.0 Å². The first-order valence-electron chi connectivity index (χ1n) is 7.28. The number of nitrogen functional groups attached to an aromatic ring is 1. The van der Waals surface area contributed by atoms with Crippen LogP contribution < -0.4 is 15.2 Å². The van der Waals surface area contributed by atoms with E-state index >= 15 is 0 Å². The van der Waals surface area contributed by atoms with Crippen LogP contribution in [0.3, 0.4) is 0 Å². The average molecular weight is 286 g/mol. The number of pyridine rings is 1. The molecule has 0 radical (unpaired) electrons. The van der Waals surface area contributed by atoms with Gasteiger partial charge in [0.05, 0.1) is 11.8 Å². The van der Waals surface area contributed by atoms with Gasteiger partial charge in [-0.2, -0.15) is 4.98 Å². The fourth-order valence-electron chi connectivity index (χ4n) is 1.94. The summed E-state index contributed by atoms with van der Waals surface area (Å²) in [6.07, 6.45) is 2.23. The van der Waals surface area contributed by atoms with E-state index in [0.717, 1.165) is 18.6 Å². The highest BCUT2D eigenvalue weighted by atomic mass is 16.5. The van der Waals surface area contributed by atoms with Crippen molar-refractivity contribution in [2.75, 3.05) is 5.73 Å². The third-order valence-electron chi connectivity index (χ3n) is 2.90. The van der Waals surface area contributed by atoms with E-state index in [4.69, 9.17) is 15.2 Å². The fourth-order valence-corrected chi connectivity index (χ4v) is 1.94. The van der Waals surface area contributed by atoms with Gasteiger partial charge in [0.25, 0.3) is 0 Å². The van der Waals surface area contributed by atoms with Gasteiger partial charge < -0.3 is 15.2 Å². The number of aryl methyl sites for hydroxylation is 1. The van der Waals surface area contributed by atoms with E-state index in [-0.39, 0.29) is 6.10 Å². The van der Waals surface area contributed by atoms with Crippen molar-refractivity contribution in [3.05, 3.63) is 42.0 Å². The molecule has 0 amide bonds. The quantitative estimate of drug-likeness (QED) is 0.864. The van der Waals surface area contributed by atoms with Crippen LogP contribution >= 0.6 is 0 Å². The molecule has 4 nitrogen and oxygen atoms in total. The Morgan fingerprint density at radius 1 is 1.10 bits per heavy atom. The Morgan fingerprint density at radius 3 is 2.43 bits per heavy atom. The minimum absolute atomic E-state index is 0.0170. The largest absolute Gasteiger partial charge is 0.473 e. The molecule has 0 aliphatic heterocycles. The number of rotatable bonds is 6. The number of aromatic nitrogens is 1. The molecular formula is C17H22N2O2. The van der Waals surface area contributed by atoms with Gasteiger partial charge in [0, 0.05) is 6.07 Å². The van der Waals surface area contributed by atoms with Crippen molar-refractivity contribution < 1.29 is 9.47 Å². The summed E-state index contributed by atoms with van der Waals surface area (Å²) in [7, 11) is 0. The third-order valence-corrected chi connectivity index (χ3v) is 2.90. The third kappa shape index (κ3) is 4.38. The average Bonchev–Trinajstić information content (AvgIpc) is 2.44. The first kappa shape index (κ1) is 15.2. The molecule has 0 saturated heterocycles. The van der Waals surface area contributed by atoms with Crippen LogP contribution in [-0.4, -0.2) is 11.1 Å². The van der Waals surface area contributed by atoms with Crippen LogP contribution in [0, 0.1) is 0 Å². The molecule has 0 atom stereocenters. The van der Waals surface area contributed by atoms with Crippen LogP contribution in [0.2, 0.25) is 0 Å². The Balaban J connectivity index is 2.11. The maximum absolute atomic E-state index is 5.84. The molecule has 1 heterocycles. The van der Waals surface area contributed by atoms with Gasteiger partial charge in [0.15, 0.2) is 0 Å². The summed E-state index contributed by atoms with van der Waals surface area (Å²) in [5.41, 5.74) is 7.65. The summed E-state index contributed by atoms with van der Waals surface area (Å²) < 4.78 is 11.3. The zero-order valence-electron chi connectivity index (χ0n) is 12.8. The molecule has 112 valence electrons. The monoisotopic (exact) mass is 286 g/mol. The van der Waals surface area contributed by atoms with Gasteiger partial charge >= 0.3 is 0 Å². The summed E-state index contributed by atoms with van der Waals surface area (Å²) in [4.78, 5) is 4.30. The van der Waals surface area contributed by atoms with Crippen molar-refractivity contribution >= 4 is 5.69 Å². The molecule has 21 heavy (non-hydrogen) atoms. The highest BCUT2D eigenvalue weighted by Gasteiger charge is 2.08. The molecule has 0 fully saturated rings. The normalized spacial score (nSPS) is 10.7. The second-order valence-corrected chi connectivity index (χ2v) is 5.21. The Labute approximate surface area is 125 Å². The lowest BCUT2D eigenvalue weighted by molar-refractivity contribution is 0.232. The van der Waals surface area contributed by atoms with Crippen LogP contribution in [0.25, 0.3) is 0 Å². The second-order valence-electron chi connectivity index (χ2n) is 5.21. The molecule has 0 aliphatic rings. The van der Waals surface area contributed by atoms with Crippen molar-refractivity contribution in [3.63, 3.8) is 0 Å². The minimum Gasteiger partial charge on any atom is -0.473 e. The molecule has 4 heteroatoms. The molecule has 0 bridgehead atoms. The molecule has 2 aromatic rings. The zero-order valence-corrected chi connectivity index (χ0v) is 12.8. The van der Waals surface area contributed by atoms with E-state index in [0.29, 0.717) is 17.4 Å². The molecule has 0 saturated carbocycles. The Bertz CT molecular complexity index is 580. The maximum atomic E-state index is 5.84. The van der Waals surface area contributed by atoms with Gasteiger partial charge in [-0.3, -0.25) is 0 Å². The van der Waals surface area contributed by atoms with Gasteiger partial charge in [-0.15, -0.1) is 0 Å². The van der Waals surface area contributed by atoms with Gasteiger partial charge in [-0.1, -0.05) is 25.5 Å². The lowest BCUT2D eigenvalue weighted by Gasteiger charge is -2.12. The lowest BCUT2D eigenvalue weighted by Crippen LogP contribution is -2.09. The number of benzene rings is 1. The lowest BCUT2D eigenvalue weighted by atomic mass is 10.1. The molecule has 0 aliphatic carbocycles. The first-order chi connectivity index (χ1) is 10.1. The molecule has 0 spiro atoms. The number of ether oxygens (including phenoxy) is 2. The summed E-state index contributed by atoms with van der Waals surface area (Å²) in [5.74, 6) is 1.64. The summed E-state index contributed by atoms with van der Waals surface area (Å²) in [6, 6.07) is 11.5. The van der Waals surface area contributed by atoms with Crippen LogP contribution in [-0.2, 0) is 6.42 Å². The predicted molar refractivity (Wildman–Crippen MR) is 84.9 cm³/mol. The first-order valence-corrected chi connectivity index (χ1v) is 7.28. The topological polar surface area (TPSA) is 57.4 Å². The zero-order chi connectivity index (χ0) is 15.2. The Morgan fingerprint density at radius 2 is 1.81 bits per heavy atom. The second kappa shape index (κ2) is 6.97. The number of hydrogen-bond donors (Lipinski definition) is 1.